The molecule has 0 unspecified atom stereocenters. The van der Waals surface area contributed by atoms with Gasteiger partial charge in [-0.25, -0.2) is 0 Å². The molecule has 0 fully saturated rings. The van der Waals surface area contributed by atoms with Crippen LogP contribution in [0.4, 0.5) is 0 Å². The minimum Gasteiger partial charge on any atom is -0.337 e. The molecule has 13 heavy (non-hydrogen) atoms. The summed E-state index contributed by atoms with van der Waals surface area (Å²) in [7, 11) is 0. The highest BCUT2D eigenvalue weighted by atomic mass is 127. The Bertz CT molecular complexity index is 452. The average Bonchev–Trinajstić information content (AvgIpc) is 2.63. The molecule has 0 amide bonds. The SMILES string of the molecule is O=C(CI)c1cccc2onnc12. The van der Waals surface area contributed by atoms with Crippen molar-refractivity contribution in [3.05, 3.63) is 23.8 Å². The van der Waals surface area contributed by atoms with E-state index in [9.17, 15) is 4.79 Å². The molecule has 0 spiro atoms. The van der Waals surface area contributed by atoms with Gasteiger partial charge in [0.25, 0.3) is 0 Å². The van der Waals surface area contributed by atoms with E-state index < -0.39 is 0 Å². The molecule has 0 aliphatic heterocycles. The highest BCUT2D eigenvalue weighted by molar-refractivity contribution is 14.1. The Kier molecular flexibility index (Phi) is 2.26. The van der Waals surface area contributed by atoms with Crippen molar-refractivity contribution >= 4 is 39.5 Å². The van der Waals surface area contributed by atoms with Crippen LogP contribution in [-0.2, 0) is 0 Å². The molecule has 2 aromatic rings. The summed E-state index contributed by atoms with van der Waals surface area (Å²) in [4.78, 5) is 11.4. The Balaban J connectivity index is 2.67. The lowest BCUT2D eigenvalue weighted by molar-refractivity contribution is 0.102. The normalized spacial score (nSPS) is 10.5. The van der Waals surface area contributed by atoms with Gasteiger partial charge < -0.3 is 4.52 Å². The Hall–Kier alpha value is -0.980. The van der Waals surface area contributed by atoms with Gasteiger partial charge in [-0.2, -0.15) is 0 Å². The Labute approximate surface area is 87.4 Å². The summed E-state index contributed by atoms with van der Waals surface area (Å²) in [6, 6.07) is 5.22. The molecular weight excluding hydrogens is 283 g/mol. The summed E-state index contributed by atoms with van der Waals surface area (Å²) < 4.78 is 5.27. The fraction of sp³-hybridized carbons (Fsp3) is 0.125. The van der Waals surface area contributed by atoms with Crippen molar-refractivity contribution in [1.82, 2.24) is 10.4 Å². The van der Waals surface area contributed by atoms with Gasteiger partial charge >= 0.3 is 0 Å². The number of alkyl halides is 1. The van der Waals surface area contributed by atoms with Gasteiger partial charge in [-0.3, -0.25) is 4.79 Å². The molecule has 0 aliphatic rings. The van der Waals surface area contributed by atoms with Gasteiger partial charge in [-0.15, -0.1) is 5.10 Å². The van der Waals surface area contributed by atoms with E-state index in [-0.39, 0.29) is 5.78 Å². The van der Waals surface area contributed by atoms with Crippen LogP contribution in [0.3, 0.4) is 0 Å². The number of halogens is 1. The minimum atomic E-state index is 0.0434. The van der Waals surface area contributed by atoms with Gasteiger partial charge in [0.05, 0.1) is 9.99 Å². The molecule has 0 bridgehead atoms. The fourth-order valence-corrected chi connectivity index (χ4v) is 1.51. The van der Waals surface area contributed by atoms with Crippen LogP contribution in [0.15, 0.2) is 22.7 Å². The highest BCUT2D eigenvalue weighted by Gasteiger charge is 2.11. The summed E-state index contributed by atoms with van der Waals surface area (Å²) >= 11 is 2.02. The molecular formula is C8H5IN2O2. The van der Waals surface area contributed by atoms with E-state index in [1.165, 1.54) is 0 Å². The first-order valence-corrected chi connectivity index (χ1v) is 5.15. The zero-order valence-electron chi connectivity index (χ0n) is 6.53. The van der Waals surface area contributed by atoms with Crippen LogP contribution in [0.5, 0.6) is 0 Å². The van der Waals surface area contributed by atoms with Crippen LogP contribution in [0.25, 0.3) is 11.1 Å². The molecule has 5 heteroatoms. The standard InChI is InChI=1S/C8H5IN2O2/c9-4-6(12)5-2-1-3-7-8(5)10-11-13-7/h1-3H,4H2. The van der Waals surface area contributed by atoms with Crippen LogP contribution in [0.2, 0.25) is 0 Å². The van der Waals surface area contributed by atoms with Gasteiger partial charge in [0.1, 0.15) is 5.52 Å². The van der Waals surface area contributed by atoms with E-state index in [4.69, 9.17) is 4.52 Å². The first-order valence-electron chi connectivity index (χ1n) is 3.63. The second kappa shape index (κ2) is 3.41. The van der Waals surface area contributed by atoms with E-state index in [2.05, 4.69) is 10.4 Å². The van der Waals surface area contributed by atoms with E-state index in [0.717, 1.165) is 0 Å². The predicted octanol–water partition coefficient (Wildman–Crippen LogP) is 1.84. The first kappa shape index (κ1) is 8.61. The van der Waals surface area contributed by atoms with Crippen molar-refractivity contribution in [3.63, 3.8) is 0 Å². The second-order valence-electron chi connectivity index (χ2n) is 2.48. The molecule has 1 aromatic heterocycles. The number of carbonyl (C=O) groups is 1. The number of hydrogen-bond acceptors (Lipinski definition) is 4. The van der Waals surface area contributed by atoms with Crippen molar-refractivity contribution in [1.29, 1.82) is 0 Å². The monoisotopic (exact) mass is 288 g/mol. The van der Waals surface area contributed by atoms with Gasteiger partial charge in [-0.1, -0.05) is 28.7 Å². The van der Waals surface area contributed by atoms with Gasteiger partial charge in [0, 0.05) is 5.27 Å². The molecule has 4 nitrogen and oxygen atoms in total. The number of Topliss-reactive ketones (excluding diaryl/α,β-unsaturated/α-hetero) is 1. The van der Waals surface area contributed by atoms with E-state index in [1.807, 2.05) is 22.6 Å². The smallest absolute Gasteiger partial charge is 0.188 e. The molecule has 0 radical (unpaired) electrons. The molecule has 0 N–H and O–H groups in total. The predicted molar refractivity (Wildman–Crippen MR) is 55.0 cm³/mol. The van der Waals surface area contributed by atoms with Crippen molar-refractivity contribution < 1.29 is 9.32 Å². The van der Waals surface area contributed by atoms with Crippen molar-refractivity contribution in [2.24, 2.45) is 0 Å². The maximum Gasteiger partial charge on any atom is 0.188 e. The number of hydrogen-bond donors (Lipinski definition) is 0. The molecule has 1 aromatic carbocycles. The largest absolute Gasteiger partial charge is 0.337 e. The number of aromatic nitrogens is 2. The zero-order chi connectivity index (χ0) is 9.26. The maximum atomic E-state index is 11.4. The number of nitrogens with zero attached hydrogens (tertiary/aromatic N) is 2. The number of fused-ring (bicyclic) bond motifs is 1. The van der Waals surface area contributed by atoms with Gasteiger partial charge in [0.2, 0.25) is 0 Å². The van der Waals surface area contributed by atoms with Crippen LogP contribution < -0.4 is 0 Å². The molecule has 0 saturated heterocycles. The van der Waals surface area contributed by atoms with Crippen LogP contribution in [0.1, 0.15) is 10.4 Å². The number of benzene rings is 1. The third kappa shape index (κ3) is 1.43. The lowest BCUT2D eigenvalue weighted by Crippen LogP contribution is -2.00. The lowest BCUT2D eigenvalue weighted by atomic mass is 10.1. The zero-order valence-corrected chi connectivity index (χ0v) is 8.69. The lowest BCUT2D eigenvalue weighted by Gasteiger charge is -1.94. The Morgan fingerprint density at radius 2 is 2.38 bits per heavy atom. The van der Waals surface area contributed by atoms with Gasteiger partial charge in [-0.05, 0) is 12.1 Å². The summed E-state index contributed by atoms with van der Waals surface area (Å²) in [5, 5.41) is 7.15. The average molecular weight is 288 g/mol. The highest BCUT2D eigenvalue weighted by Crippen LogP contribution is 2.16. The fourth-order valence-electron chi connectivity index (χ4n) is 1.10. The molecule has 0 saturated carbocycles. The molecule has 2 rings (SSSR count). The Morgan fingerprint density at radius 3 is 3.15 bits per heavy atom. The van der Waals surface area contributed by atoms with Gasteiger partial charge in [0.15, 0.2) is 11.4 Å². The maximum absolute atomic E-state index is 11.4. The van der Waals surface area contributed by atoms with Crippen molar-refractivity contribution in [2.75, 3.05) is 4.43 Å². The quantitative estimate of drug-likeness (QED) is 0.480. The van der Waals surface area contributed by atoms with Crippen LogP contribution in [-0.4, -0.2) is 20.6 Å². The summed E-state index contributed by atoms with van der Waals surface area (Å²) in [5.74, 6) is 0.0434. The third-order valence-corrected chi connectivity index (χ3v) is 2.39. The first-order chi connectivity index (χ1) is 6.33. The third-order valence-electron chi connectivity index (χ3n) is 1.70. The number of rotatable bonds is 2. The van der Waals surface area contributed by atoms with Crippen LogP contribution in [0, 0.1) is 0 Å². The summed E-state index contributed by atoms with van der Waals surface area (Å²) in [6.07, 6.45) is 0. The summed E-state index contributed by atoms with van der Waals surface area (Å²) in [6.45, 7) is 0. The number of ketones is 1. The number of carbonyl (C=O) groups excluding carboxylic acids is 1. The molecule has 1 heterocycles. The summed E-state index contributed by atoms with van der Waals surface area (Å²) in [5.41, 5.74) is 1.67. The topological polar surface area (TPSA) is 56.0 Å². The van der Waals surface area contributed by atoms with Crippen molar-refractivity contribution in [2.45, 2.75) is 0 Å². The van der Waals surface area contributed by atoms with Crippen LogP contribution >= 0.6 is 22.6 Å². The molecule has 66 valence electrons. The minimum absolute atomic E-state index is 0.0434. The van der Waals surface area contributed by atoms with E-state index in [0.29, 0.717) is 21.1 Å². The molecule has 0 atom stereocenters. The molecule has 0 aliphatic carbocycles. The van der Waals surface area contributed by atoms with E-state index >= 15 is 0 Å². The van der Waals surface area contributed by atoms with Crippen molar-refractivity contribution in [3.8, 4) is 0 Å². The second-order valence-corrected chi connectivity index (χ2v) is 3.24. The Morgan fingerprint density at radius 1 is 1.54 bits per heavy atom. The van der Waals surface area contributed by atoms with E-state index in [1.54, 1.807) is 18.2 Å².